The first-order valence-corrected chi connectivity index (χ1v) is 12.0. The summed E-state index contributed by atoms with van der Waals surface area (Å²) in [4.78, 5) is 0.0254. The molecule has 0 amide bonds. The van der Waals surface area contributed by atoms with E-state index in [1.807, 2.05) is 30.3 Å². The molecule has 0 aliphatic carbocycles. The Hall–Kier alpha value is -1.77. The van der Waals surface area contributed by atoms with Crippen molar-refractivity contribution in [3.63, 3.8) is 0 Å². The second kappa shape index (κ2) is 8.08. The summed E-state index contributed by atoms with van der Waals surface area (Å²) in [6.45, 7) is 0.267. The van der Waals surface area contributed by atoms with E-state index in [1.54, 1.807) is 0 Å². The van der Waals surface area contributed by atoms with Crippen LogP contribution in [0.25, 0.3) is 0 Å². The molecule has 1 aliphatic rings. The molecule has 2 aromatic carbocycles. The zero-order chi connectivity index (χ0) is 19.5. The number of sulfonamides is 1. The van der Waals surface area contributed by atoms with Gasteiger partial charge in [0.25, 0.3) is 0 Å². The second-order valence-corrected chi connectivity index (χ2v) is 11.0. The summed E-state index contributed by atoms with van der Waals surface area (Å²) in [6, 6.07) is 14.0. The highest BCUT2D eigenvalue weighted by Gasteiger charge is 2.36. The molecule has 1 aliphatic heterocycles. The van der Waals surface area contributed by atoms with E-state index in [4.69, 9.17) is 0 Å². The van der Waals surface area contributed by atoms with Gasteiger partial charge in [-0.05, 0) is 49.1 Å². The molecular formula is C19H22FNO4S2. The fraction of sp³-hybridized carbons (Fsp3) is 0.368. The van der Waals surface area contributed by atoms with Gasteiger partial charge in [0, 0.05) is 13.1 Å². The van der Waals surface area contributed by atoms with Crippen LogP contribution in [0, 0.1) is 5.82 Å². The van der Waals surface area contributed by atoms with Gasteiger partial charge in [-0.2, -0.15) is 0 Å². The third kappa shape index (κ3) is 4.75. The number of hydrogen-bond donors (Lipinski definition) is 0. The van der Waals surface area contributed by atoms with E-state index in [1.165, 1.54) is 16.4 Å². The lowest BCUT2D eigenvalue weighted by Crippen LogP contribution is -2.46. The van der Waals surface area contributed by atoms with Gasteiger partial charge >= 0.3 is 0 Å². The molecule has 0 spiro atoms. The van der Waals surface area contributed by atoms with Crippen LogP contribution in [0.1, 0.15) is 18.4 Å². The van der Waals surface area contributed by atoms with Gasteiger partial charge in [-0.1, -0.05) is 30.3 Å². The van der Waals surface area contributed by atoms with Gasteiger partial charge in [-0.15, -0.1) is 0 Å². The van der Waals surface area contributed by atoms with E-state index in [0.29, 0.717) is 25.8 Å². The van der Waals surface area contributed by atoms with Crippen LogP contribution in [0.4, 0.5) is 4.39 Å². The molecular weight excluding hydrogens is 389 g/mol. The van der Waals surface area contributed by atoms with Gasteiger partial charge in [0.1, 0.15) is 5.82 Å². The minimum absolute atomic E-state index is 0.0254. The van der Waals surface area contributed by atoms with Crippen molar-refractivity contribution >= 4 is 19.9 Å². The molecule has 27 heavy (non-hydrogen) atoms. The largest absolute Gasteiger partial charge is 0.223 e. The van der Waals surface area contributed by atoms with Crippen LogP contribution in [0.2, 0.25) is 0 Å². The van der Waals surface area contributed by atoms with E-state index in [-0.39, 0.29) is 17.2 Å². The van der Waals surface area contributed by atoms with Crippen LogP contribution < -0.4 is 0 Å². The Morgan fingerprint density at radius 3 is 2.30 bits per heavy atom. The van der Waals surface area contributed by atoms with E-state index in [9.17, 15) is 21.2 Å². The average Bonchev–Trinajstić information content (AvgIpc) is 2.68. The highest BCUT2D eigenvalue weighted by atomic mass is 32.2. The fourth-order valence-electron chi connectivity index (χ4n) is 3.25. The molecule has 0 bridgehead atoms. The Bertz CT molecular complexity index is 974. The molecule has 0 radical (unpaired) electrons. The summed E-state index contributed by atoms with van der Waals surface area (Å²) >= 11 is 0. The lowest BCUT2D eigenvalue weighted by Gasteiger charge is -2.31. The molecule has 1 fully saturated rings. The first-order valence-electron chi connectivity index (χ1n) is 8.80. The number of nitrogens with zero attached hydrogens (tertiary/aromatic N) is 1. The minimum atomic E-state index is -3.71. The number of hydrogen-bond acceptors (Lipinski definition) is 4. The van der Waals surface area contributed by atoms with Crippen molar-refractivity contribution in [1.82, 2.24) is 4.31 Å². The molecule has 146 valence electrons. The van der Waals surface area contributed by atoms with E-state index < -0.39 is 30.9 Å². The Morgan fingerprint density at radius 1 is 0.963 bits per heavy atom. The summed E-state index contributed by atoms with van der Waals surface area (Å²) < 4.78 is 65.4. The van der Waals surface area contributed by atoms with Crippen molar-refractivity contribution < 1.29 is 21.2 Å². The maximum atomic E-state index is 13.1. The molecule has 2 aromatic rings. The highest BCUT2D eigenvalue weighted by molar-refractivity contribution is 7.92. The maximum absolute atomic E-state index is 13.1. The first-order chi connectivity index (χ1) is 12.8. The standard InChI is InChI=1S/C19H22FNO4S2/c20-17-8-10-18(11-9-17)27(24,25)19-7-4-13-21(15-19)26(22,23)14-12-16-5-2-1-3-6-16/h1-3,5-6,8-11,19H,4,7,12-15H2. The highest BCUT2D eigenvalue weighted by Crippen LogP contribution is 2.25. The predicted octanol–water partition coefficient (Wildman–Crippen LogP) is 2.64. The SMILES string of the molecule is O=S(=O)(c1ccc(F)cc1)C1CCCN(S(=O)(=O)CCc2ccccc2)C1. The zero-order valence-electron chi connectivity index (χ0n) is 14.8. The van der Waals surface area contributed by atoms with Gasteiger partial charge in [-0.3, -0.25) is 0 Å². The molecule has 0 N–H and O–H groups in total. The molecule has 5 nitrogen and oxygen atoms in total. The van der Waals surface area contributed by atoms with Gasteiger partial charge in [0.05, 0.1) is 15.9 Å². The average molecular weight is 412 g/mol. The van der Waals surface area contributed by atoms with Crippen LogP contribution >= 0.6 is 0 Å². The summed E-state index contributed by atoms with van der Waals surface area (Å²) in [5.41, 5.74) is 0.925. The second-order valence-electron chi connectivity index (χ2n) is 6.67. The van der Waals surface area contributed by atoms with Crippen molar-refractivity contribution in [2.75, 3.05) is 18.8 Å². The minimum Gasteiger partial charge on any atom is -0.223 e. The summed E-state index contributed by atoms with van der Waals surface area (Å²) in [7, 11) is -7.27. The van der Waals surface area contributed by atoms with Crippen molar-refractivity contribution in [3.8, 4) is 0 Å². The number of benzene rings is 2. The Labute approximate surface area is 159 Å². The topological polar surface area (TPSA) is 71.5 Å². The van der Waals surface area contributed by atoms with Gasteiger partial charge in [-0.25, -0.2) is 25.5 Å². The van der Waals surface area contributed by atoms with Gasteiger partial charge in [0.15, 0.2) is 9.84 Å². The molecule has 8 heteroatoms. The van der Waals surface area contributed by atoms with Gasteiger partial charge in [0.2, 0.25) is 10.0 Å². The van der Waals surface area contributed by atoms with Crippen molar-refractivity contribution in [3.05, 3.63) is 66.0 Å². The normalized spacial score (nSPS) is 19.1. The molecule has 1 saturated heterocycles. The maximum Gasteiger partial charge on any atom is 0.214 e. The van der Waals surface area contributed by atoms with E-state index in [2.05, 4.69) is 0 Å². The molecule has 0 aromatic heterocycles. The number of halogens is 1. The fourth-order valence-corrected chi connectivity index (χ4v) is 6.66. The van der Waals surface area contributed by atoms with Crippen LogP contribution in [0.3, 0.4) is 0 Å². The van der Waals surface area contributed by atoms with E-state index in [0.717, 1.165) is 17.7 Å². The lowest BCUT2D eigenvalue weighted by molar-refractivity contribution is 0.346. The zero-order valence-corrected chi connectivity index (χ0v) is 16.4. The summed E-state index contributed by atoms with van der Waals surface area (Å²) in [5, 5.41) is -0.816. The quantitative estimate of drug-likeness (QED) is 0.685. The molecule has 3 rings (SSSR count). The Morgan fingerprint density at radius 2 is 1.63 bits per heavy atom. The Balaban J connectivity index is 1.72. The van der Waals surface area contributed by atoms with E-state index >= 15 is 0 Å². The number of sulfone groups is 1. The summed E-state index contributed by atoms with van der Waals surface area (Å²) in [6.07, 6.45) is 1.26. The van der Waals surface area contributed by atoms with Crippen molar-refractivity contribution in [1.29, 1.82) is 0 Å². The molecule has 1 atom stereocenters. The molecule has 1 unspecified atom stereocenters. The van der Waals surface area contributed by atoms with Crippen LogP contribution in [0.15, 0.2) is 59.5 Å². The van der Waals surface area contributed by atoms with Gasteiger partial charge < -0.3 is 0 Å². The Kier molecular flexibility index (Phi) is 5.98. The van der Waals surface area contributed by atoms with Crippen LogP contribution in [-0.2, 0) is 26.3 Å². The number of piperidine rings is 1. The first kappa shape index (κ1) is 20.0. The molecule has 1 heterocycles. The lowest BCUT2D eigenvalue weighted by atomic mass is 10.2. The third-order valence-electron chi connectivity index (χ3n) is 4.81. The van der Waals surface area contributed by atoms with Crippen LogP contribution in [0.5, 0.6) is 0 Å². The van der Waals surface area contributed by atoms with Crippen LogP contribution in [-0.4, -0.2) is 45.2 Å². The number of aryl methyl sites for hydroxylation is 1. The van der Waals surface area contributed by atoms with Crippen molar-refractivity contribution in [2.24, 2.45) is 0 Å². The smallest absolute Gasteiger partial charge is 0.214 e. The molecule has 0 saturated carbocycles. The monoisotopic (exact) mass is 411 g/mol. The predicted molar refractivity (Wildman–Crippen MR) is 102 cm³/mol. The van der Waals surface area contributed by atoms with Crippen molar-refractivity contribution in [2.45, 2.75) is 29.4 Å². The number of rotatable bonds is 6. The third-order valence-corrected chi connectivity index (χ3v) is 8.84. The summed E-state index contributed by atoms with van der Waals surface area (Å²) in [5.74, 6) is -0.567.